The van der Waals surface area contributed by atoms with E-state index in [2.05, 4.69) is 27.0 Å². The number of halogens is 3. The Balaban J connectivity index is 1.26. The van der Waals surface area contributed by atoms with Crippen LogP contribution in [0.2, 0.25) is 15.1 Å². The van der Waals surface area contributed by atoms with Crippen LogP contribution in [0, 0.1) is 11.8 Å². The molecule has 0 spiro atoms. The molecule has 0 radical (unpaired) electrons. The summed E-state index contributed by atoms with van der Waals surface area (Å²) in [4.78, 5) is 19.4. The van der Waals surface area contributed by atoms with Crippen molar-refractivity contribution in [1.82, 2.24) is 15.1 Å². The molecule has 10 heteroatoms. The quantitative estimate of drug-likeness (QED) is 0.160. The van der Waals surface area contributed by atoms with Gasteiger partial charge in [-0.05, 0) is 49.2 Å². The molecule has 2 aromatic heterocycles. The number of esters is 1. The number of nitrogens with one attached hydrogen (secondary N) is 1. The van der Waals surface area contributed by atoms with Gasteiger partial charge in [-0.25, -0.2) is 9.78 Å². The zero-order valence-electron chi connectivity index (χ0n) is 21.1. The third-order valence-corrected chi connectivity index (χ3v) is 7.51. The molecular weight excluding hydrogens is 573 g/mol. The summed E-state index contributed by atoms with van der Waals surface area (Å²) in [5, 5.41) is 5.69. The van der Waals surface area contributed by atoms with E-state index in [0.717, 1.165) is 24.2 Å². The summed E-state index contributed by atoms with van der Waals surface area (Å²) < 4.78 is 16.7. The molecule has 6 rings (SSSR count). The van der Waals surface area contributed by atoms with Gasteiger partial charge in [0.25, 0.3) is 0 Å². The smallest absolute Gasteiger partial charge is 0.337 e. The summed E-state index contributed by atoms with van der Waals surface area (Å²) in [5.41, 5.74) is 4.86. The molecule has 1 aliphatic carbocycles. The maximum atomic E-state index is 12.1. The number of benzene rings is 3. The van der Waals surface area contributed by atoms with E-state index in [4.69, 9.17) is 48.8 Å². The number of carbonyl (C=O) groups excluding carboxylic acids is 1. The molecule has 5 aromatic rings. The van der Waals surface area contributed by atoms with Crippen LogP contribution < -0.4 is 4.74 Å². The van der Waals surface area contributed by atoms with Gasteiger partial charge in [0.2, 0.25) is 0 Å². The number of hydrogen-bond acceptors (Lipinski definition) is 6. The van der Waals surface area contributed by atoms with Crippen molar-refractivity contribution in [3.05, 3.63) is 97.9 Å². The fourth-order valence-electron chi connectivity index (χ4n) is 4.41. The number of imidazole rings is 1. The van der Waals surface area contributed by atoms with Crippen LogP contribution in [0.5, 0.6) is 5.75 Å². The number of fused-ring (bicyclic) bond motifs is 1. The molecule has 0 saturated heterocycles. The van der Waals surface area contributed by atoms with Crippen LogP contribution in [0.3, 0.4) is 0 Å². The van der Waals surface area contributed by atoms with Crippen LogP contribution >= 0.6 is 34.8 Å². The first-order chi connectivity index (χ1) is 19.4. The summed E-state index contributed by atoms with van der Waals surface area (Å²) >= 11 is 19.5. The molecule has 1 N–H and O–H groups in total. The maximum absolute atomic E-state index is 12.1. The summed E-state index contributed by atoms with van der Waals surface area (Å²) in [6, 6.07) is 13.9. The van der Waals surface area contributed by atoms with Gasteiger partial charge in [-0.1, -0.05) is 57.9 Å². The van der Waals surface area contributed by atoms with E-state index in [1.807, 2.05) is 0 Å². The molecule has 0 bridgehead atoms. The van der Waals surface area contributed by atoms with Crippen molar-refractivity contribution < 1.29 is 18.8 Å². The van der Waals surface area contributed by atoms with Gasteiger partial charge in [0.15, 0.2) is 0 Å². The average Bonchev–Trinajstić information content (AvgIpc) is 3.53. The molecule has 0 unspecified atom stereocenters. The molecule has 0 atom stereocenters. The average molecular weight is 593 g/mol. The van der Waals surface area contributed by atoms with Crippen molar-refractivity contribution in [3.63, 3.8) is 0 Å². The first kappa shape index (κ1) is 26.3. The Morgan fingerprint density at radius 3 is 2.55 bits per heavy atom. The van der Waals surface area contributed by atoms with Crippen molar-refractivity contribution in [2.24, 2.45) is 0 Å². The highest BCUT2D eigenvalue weighted by molar-refractivity contribution is 6.39. The van der Waals surface area contributed by atoms with Crippen molar-refractivity contribution in [1.29, 1.82) is 0 Å². The lowest BCUT2D eigenvalue weighted by Crippen LogP contribution is -2.01. The fraction of sp³-hybridized carbons (Fsp3) is 0.167. The van der Waals surface area contributed by atoms with E-state index in [-0.39, 0.29) is 6.61 Å². The summed E-state index contributed by atoms with van der Waals surface area (Å²) in [7, 11) is 1.33. The van der Waals surface area contributed by atoms with Gasteiger partial charge in [0.05, 0.1) is 50.7 Å². The van der Waals surface area contributed by atoms with E-state index in [1.165, 1.54) is 7.11 Å². The minimum absolute atomic E-state index is 0.199. The maximum Gasteiger partial charge on any atom is 0.337 e. The van der Waals surface area contributed by atoms with E-state index in [1.54, 1.807) is 54.9 Å². The highest BCUT2D eigenvalue weighted by atomic mass is 35.5. The Morgan fingerprint density at radius 2 is 1.82 bits per heavy atom. The second kappa shape index (κ2) is 10.9. The van der Waals surface area contributed by atoms with Gasteiger partial charge in [-0.3, -0.25) is 0 Å². The van der Waals surface area contributed by atoms with Crippen LogP contribution in [0.4, 0.5) is 0 Å². The zero-order chi connectivity index (χ0) is 27.8. The number of methoxy groups -OCH3 is 1. The molecule has 0 amide bonds. The minimum Gasteiger partial charge on any atom is -0.489 e. The Labute approximate surface area is 244 Å². The Morgan fingerprint density at radius 1 is 1.05 bits per heavy atom. The second-order valence-corrected chi connectivity index (χ2v) is 10.5. The number of carbonyl (C=O) groups is 1. The van der Waals surface area contributed by atoms with Gasteiger partial charge in [0.1, 0.15) is 29.3 Å². The first-order valence-electron chi connectivity index (χ1n) is 12.4. The van der Waals surface area contributed by atoms with Gasteiger partial charge in [-0.15, -0.1) is 0 Å². The fourth-order valence-corrected chi connectivity index (χ4v) is 5.20. The van der Waals surface area contributed by atoms with Crippen LogP contribution in [0.1, 0.15) is 51.6 Å². The second-order valence-electron chi connectivity index (χ2n) is 9.24. The van der Waals surface area contributed by atoms with Crippen molar-refractivity contribution >= 4 is 51.8 Å². The summed E-state index contributed by atoms with van der Waals surface area (Å²) in [6.45, 7) is 0.199. The Kier molecular flexibility index (Phi) is 7.16. The lowest BCUT2D eigenvalue weighted by molar-refractivity contribution is 0.0601. The molecule has 1 saturated carbocycles. The first-order valence-corrected chi connectivity index (χ1v) is 13.5. The lowest BCUT2D eigenvalue weighted by Gasteiger charge is -2.10. The van der Waals surface area contributed by atoms with Gasteiger partial charge >= 0.3 is 5.97 Å². The number of aromatic nitrogens is 3. The van der Waals surface area contributed by atoms with Gasteiger partial charge in [0, 0.05) is 23.1 Å². The molecular formula is C30H20Cl3N3O4. The van der Waals surface area contributed by atoms with Crippen molar-refractivity contribution in [2.75, 3.05) is 7.11 Å². The van der Waals surface area contributed by atoms with E-state index in [0.29, 0.717) is 65.7 Å². The molecule has 2 heterocycles. The Hall–Kier alpha value is -3.96. The summed E-state index contributed by atoms with van der Waals surface area (Å²) in [5.74, 6) is 7.33. The Bertz CT molecular complexity index is 1810. The predicted octanol–water partition coefficient (Wildman–Crippen LogP) is 7.82. The summed E-state index contributed by atoms with van der Waals surface area (Å²) in [6.07, 6.45) is 3.61. The van der Waals surface area contributed by atoms with Crippen LogP contribution in [-0.2, 0) is 11.3 Å². The van der Waals surface area contributed by atoms with Crippen LogP contribution in [0.25, 0.3) is 22.3 Å². The van der Waals surface area contributed by atoms with E-state index < -0.39 is 5.97 Å². The highest BCUT2D eigenvalue weighted by Gasteiger charge is 2.33. The third-order valence-electron chi connectivity index (χ3n) is 6.57. The SMILES string of the molecule is COC(=O)c1cc(C#Cc2ccc(OCc3c(-c4c(Cl)cccc4Cl)noc3C3CC3)cc2Cl)c2nc[nH]c2c1. The third kappa shape index (κ3) is 5.14. The molecule has 7 nitrogen and oxygen atoms in total. The number of ether oxygens (including phenoxy) is 2. The molecule has 40 heavy (non-hydrogen) atoms. The molecule has 1 aliphatic rings. The molecule has 1 fully saturated rings. The number of H-pyrrole nitrogens is 1. The zero-order valence-corrected chi connectivity index (χ0v) is 23.3. The highest BCUT2D eigenvalue weighted by Crippen LogP contribution is 2.46. The van der Waals surface area contributed by atoms with Crippen molar-refractivity contribution in [2.45, 2.75) is 25.4 Å². The van der Waals surface area contributed by atoms with Gasteiger partial charge in [-0.2, -0.15) is 0 Å². The van der Waals surface area contributed by atoms with E-state index in [9.17, 15) is 4.79 Å². The standard InChI is InChI=1S/C30H20Cl3N3O4/c1-38-30(37)19-11-18(27-25(12-19)34-15-35-27)8-5-16-9-10-20(13-24(16)33)39-14-21-28(36-40-29(21)17-6-7-17)26-22(31)3-2-4-23(26)32/h2-4,9-13,15,17H,6-7,14H2,1H3,(H,34,35). The number of nitrogens with zero attached hydrogens (tertiary/aromatic N) is 2. The lowest BCUT2D eigenvalue weighted by atomic mass is 10.0. The predicted molar refractivity (Wildman–Crippen MR) is 153 cm³/mol. The van der Waals surface area contributed by atoms with Crippen LogP contribution in [-0.4, -0.2) is 28.2 Å². The topological polar surface area (TPSA) is 90.2 Å². The normalized spacial score (nSPS) is 12.7. The molecule has 0 aliphatic heterocycles. The van der Waals surface area contributed by atoms with Gasteiger partial charge < -0.3 is 19.0 Å². The largest absolute Gasteiger partial charge is 0.489 e. The number of aromatic amines is 1. The number of hydrogen-bond donors (Lipinski definition) is 1. The van der Waals surface area contributed by atoms with Crippen LogP contribution in [0.15, 0.2) is 59.4 Å². The molecule has 200 valence electrons. The minimum atomic E-state index is -0.461. The monoisotopic (exact) mass is 591 g/mol. The van der Waals surface area contributed by atoms with E-state index >= 15 is 0 Å². The van der Waals surface area contributed by atoms with Crippen molar-refractivity contribution in [3.8, 4) is 28.8 Å². The molecule has 3 aromatic carbocycles. The number of rotatable bonds is 6.